The molecule has 2 aromatic rings. The molecule has 0 atom stereocenters. The van der Waals surface area contributed by atoms with E-state index in [1.54, 1.807) is 33.8 Å². The van der Waals surface area contributed by atoms with E-state index in [2.05, 4.69) is 10.6 Å². The van der Waals surface area contributed by atoms with Gasteiger partial charge in [0.2, 0.25) is 5.91 Å². The smallest absolute Gasteiger partial charge is 0.341 e. The third-order valence-electron chi connectivity index (χ3n) is 3.42. The first kappa shape index (κ1) is 20.1. The molecular formula is C19H22N2O3S2. The van der Waals surface area contributed by atoms with Gasteiger partial charge in [-0.2, -0.15) is 0 Å². The van der Waals surface area contributed by atoms with Crippen LogP contribution in [0, 0.1) is 5.41 Å². The van der Waals surface area contributed by atoms with Crippen LogP contribution in [0.3, 0.4) is 0 Å². The van der Waals surface area contributed by atoms with E-state index in [4.69, 9.17) is 17.0 Å². The van der Waals surface area contributed by atoms with Crippen molar-refractivity contribution in [1.82, 2.24) is 5.32 Å². The van der Waals surface area contributed by atoms with Gasteiger partial charge in [-0.25, -0.2) is 4.79 Å². The zero-order valence-corrected chi connectivity index (χ0v) is 16.8. The fourth-order valence-corrected chi connectivity index (χ4v) is 3.33. The summed E-state index contributed by atoms with van der Waals surface area (Å²) >= 11 is 6.61. The highest BCUT2D eigenvalue weighted by molar-refractivity contribution is 7.80. The summed E-state index contributed by atoms with van der Waals surface area (Å²) in [4.78, 5) is 25.3. The summed E-state index contributed by atoms with van der Waals surface area (Å²) in [5.74, 6) is -0.633. The Balaban J connectivity index is 2.28. The number of hydrogen-bond acceptors (Lipinski definition) is 5. The molecule has 0 aliphatic heterocycles. The van der Waals surface area contributed by atoms with Crippen molar-refractivity contribution in [2.75, 3.05) is 11.9 Å². The monoisotopic (exact) mass is 390 g/mol. The summed E-state index contributed by atoms with van der Waals surface area (Å²) in [5.41, 5.74) is 0.809. The maximum atomic E-state index is 12.3. The molecule has 0 spiro atoms. The van der Waals surface area contributed by atoms with Gasteiger partial charge in [0.25, 0.3) is 0 Å². The standard InChI is InChI=1S/C19H22N2O3S2/c1-5-24-16(22)13-11-14(12-9-7-6-8-10-12)26-15(13)20-18(25)21-17(23)19(2,3)4/h6-11H,5H2,1-4H3,(H2,20,21,23,25). The van der Waals surface area contributed by atoms with Crippen molar-refractivity contribution in [3.63, 3.8) is 0 Å². The quantitative estimate of drug-likeness (QED) is 0.596. The third-order valence-corrected chi connectivity index (χ3v) is 4.72. The SMILES string of the molecule is CCOC(=O)c1cc(-c2ccccc2)sc1NC(=S)NC(=O)C(C)(C)C. The Labute approximate surface area is 162 Å². The normalized spacial score (nSPS) is 10.9. The van der Waals surface area contributed by atoms with E-state index in [9.17, 15) is 9.59 Å². The molecule has 1 heterocycles. The Bertz CT molecular complexity index is 808. The highest BCUT2D eigenvalue weighted by atomic mass is 32.1. The Morgan fingerprint density at radius 2 is 1.85 bits per heavy atom. The molecule has 2 N–H and O–H groups in total. The van der Waals surface area contributed by atoms with Crippen LogP contribution in [0.15, 0.2) is 36.4 Å². The number of nitrogens with one attached hydrogen (secondary N) is 2. The van der Waals surface area contributed by atoms with Crippen molar-refractivity contribution in [3.05, 3.63) is 42.0 Å². The molecule has 1 aromatic carbocycles. The molecule has 0 fully saturated rings. The minimum atomic E-state index is -0.569. The van der Waals surface area contributed by atoms with Crippen LogP contribution in [0.4, 0.5) is 5.00 Å². The van der Waals surface area contributed by atoms with Gasteiger partial charge in [0.15, 0.2) is 5.11 Å². The minimum Gasteiger partial charge on any atom is -0.462 e. The second-order valence-electron chi connectivity index (χ2n) is 6.60. The first-order valence-electron chi connectivity index (χ1n) is 8.21. The lowest BCUT2D eigenvalue weighted by Gasteiger charge is -2.18. The van der Waals surface area contributed by atoms with Crippen LogP contribution in [0.1, 0.15) is 38.1 Å². The van der Waals surface area contributed by atoms with Gasteiger partial charge in [0.05, 0.1) is 12.2 Å². The number of hydrogen-bond donors (Lipinski definition) is 2. The molecule has 5 nitrogen and oxygen atoms in total. The number of rotatable bonds is 4. The summed E-state index contributed by atoms with van der Waals surface area (Å²) in [7, 11) is 0. The van der Waals surface area contributed by atoms with Crippen LogP contribution in [-0.4, -0.2) is 23.6 Å². The fourth-order valence-electron chi connectivity index (χ4n) is 2.01. The average Bonchev–Trinajstić information content (AvgIpc) is 2.98. The molecule has 0 saturated carbocycles. The van der Waals surface area contributed by atoms with Gasteiger partial charge in [-0.1, -0.05) is 51.1 Å². The molecule has 0 aliphatic carbocycles. The Kier molecular flexibility index (Phi) is 6.50. The van der Waals surface area contributed by atoms with E-state index in [1.165, 1.54) is 11.3 Å². The number of thiocarbonyl (C=S) groups is 1. The second-order valence-corrected chi connectivity index (χ2v) is 8.06. The van der Waals surface area contributed by atoms with Crippen molar-refractivity contribution in [3.8, 4) is 10.4 Å². The van der Waals surface area contributed by atoms with Crippen LogP contribution in [0.2, 0.25) is 0 Å². The highest BCUT2D eigenvalue weighted by Gasteiger charge is 2.23. The molecule has 0 aliphatic rings. The fraction of sp³-hybridized carbons (Fsp3) is 0.316. The van der Waals surface area contributed by atoms with Crippen molar-refractivity contribution >= 4 is 45.5 Å². The predicted octanol–water partition coefficient (Wildman–Crippen LogP) is 4.45. The number of carbonyl (C=O) groups is 2. The molecule has 1 aromatic heterocycles. The Morgan fingerprint density at radius 3 is 2.42 bits per heavy atom. The Hall–Kier alpha value is -2.25. The number of anilines is 1. The summed E-state index contributed by atoms with van der Waals surface area (Å²) in [6.45, 7) is 7.43. The van der Waals surface area contributed by atoms with Gasteiger partial charge in [-0.05, 0) is 30.8 Å². The first-order valence-corrected chi connectivity index (χ1v) is 9.43. The number of thiophene rings is 1. The van der Waals surface area contributed by atoms with Crippen LogP contribution in [0.5, 0.6) is 0 Å². The van der Waals surface area contributed by atoms with Gasteiger partial charge in [-0.15, -0.1) is 11.3 Å². The number of amides is 1. The lowest BCUT2D eigenvalue weighted by molar-refractivity contribution is -0.126. The highest BCUT2D eigenvalue weighted by Crippen LogP contribution is 2.36. The lowest BCUT2D eigenvalue weighted by Crippen LogP contribution is -2.41. The number of carbonyl (C=O) groups excluding carboxylic acids is 2. The summed E-state index contributed by atoms with van der Waals surface area (Å²) in [6, 6.07) is 11.5. The summed E-state index contributed by atoms with van der Waals surface area (Å²) in [6.07, 6.45) is 0. The van der Waals surface area contributed by atoms with Gasteiger partial charge in [0, 0.05) is 10.3 Å². The zero-order valence-electron chi connectivity index (χ0n) is 15.2. The molecule has 2 rings (SSSR count). The number of ether oxygens (including phenoxy) is 1. The molecule has 138 valence electrons. The predicted molar refractivity (Wildman–Crippen MR) is 110 cm³/mol. The lowest BCUT2D eigenvalue weighted by atomic mass is 9.96. The minimum absolute atomic E-state index is 0.150. The average molecular weight is 391 g/mol. The maximum absolute atomic E-state index is 12.3. The first-order chi connectivity index (χ1) is 12.2. The van der Waals surface area contributed by atoms with Crippen molar-refractivity contribution in [2.45, 2.75) is 27.7 Å². The van der Waals surface area contributed by atoms with E-state index in [1.807, 2.05) is 30.3 Å². The van der Waals surface area contributed by atoms with E-state index in [0.29, 0.717) is 10.6 Å². The molecule has 0 bridgehead atoms. The van der Waals surface area contributed by atoms with Gasteiger partial charge in [-0.3, -0.25) is 4.79 Å². The third kappa shape index (κ3) is 5.12. The molecule has 1 amide bonds. The molecule has 26 heavy (non-hydrogen) atoms. The summed E-state index contributed by atoms with van der Waals surface area (Å²) in [5, 5.41) is 6.30. The van der Waals surface area contributed by atoms with Gasteiger partial charge >= 0.3 is 5.97 Å². The molecule has 0 saturated heterocycles. The van der Waals surface area contributed by atoms with Crippen LogP contribution >= 0.6 is 23.6 Å². The molecule has 7 heteroatoms. The van der Waals surface area contributed by atoms with Crippen molar-refractivity contribution in [2.24, 2.45) is 5.41 Å². The largest absolute Gasteiger partial charge is 0.462 e. The van der Waals surface area contributed by atoms with E-state index in [0.717, 1.165) is 10.4 Å². The maximum Gasteiger partial charge on any atom is 0.341 e. The van der Waals surface area contributed by atoms with Crippen LogP contribution < -0.4 is 10.6 Å². The van der Waals surface area contributed by atoms with E-state index < -0.39 is 11.4 Å². The Morgan fingerprint density at radius 1 is 1.19 bits per heavy atom. The van der Waals surface area contributed by atoms with E-state index in [-0.39, 0.29) is 17.6 Å². The zero-order chi connectivity index (χ0) is 19.3. The van der Waals surface area contributed by atoms with E-state index >= 15 is 0 Å². The van der Waals surface area contributed by atoms with Crippen LogP contribution in [0.25, 0.3) is 10.4 Å². The molecule has 0 unspecified atom stereocenters. The second kappa shape index (κ2) is 8.42. The van der Waals surface area contributed by atoms with Crippen molar-refractivity contribution < 1.29 is 14.3 Å². The number of esters is 1. The summed E-state index contributed by atoms with van der Waals surface area (Å²) < 4.78 is 5.13. The van der Waals surface area contributed by atoms with Crippen LogP contribution in [-0.2, 0) is 9.53 Å². The van der Waals surface area contributed by atoms with Gasteiger partial charge < -0.3 is 15.4 Å². The van der Waals surface area contributed by atoms with Crippen molar-refractivity contribution in [1.29, 1.82) is 0 Å². The molecule has 0 radical (unpaired) electrons. The number of benzene rings is 1. The molecular weight excluding hydrogens is 368 g/mol. The van der Waals surface area contributed by atoms with Gasteiger partial charge in [0.1, 0.15) is 5.00 Å². The topological polar surface area (TPSA) is 67.4 Å².